The van der Waals surface area contributed by atoms with E-state index in [1.807, 2.05) is 6.07 Å². The fraction of sp³-hybridized carbons (Fsp3) is 0.133. The molecule has 0 saturated carbocycles. The quantitative estimate of drug-likeness (QED) is 0.758. The van der Waals surface area contributed by atoms with Crippen molar-refractivity contribution in [3.63, 3.8) is 0 Å². The van der Waals surface area contributed by atoms with Crippen LogP contribution < -0.4 is 14.8 Å². The van der Waals surface area contributed by atoms with Crippen LogP contribution in [-0.4, -0.2) is 40.3 Å². The van der Waals surface area contributed by atoms with E-state index in [0.717, 1.165) is 5.56 Å². The maximum Gasteiger partial charge on any atom is 0.277 e. The monoisotopic (exact) mass is 343 g/mol. The fourth-order valence-electron chi connectivity index (χ4n) is 1.94. The highest BCUT2D eigenvalue weighted by Crippen LogP contribution is 2.34. The molecule has 0 bridgehead atoms. The highest BCUT2D eigenvalue weighted by atomic mass is 32.1. The van der Waals surface area contributed by atoms with Gasteiger partial charge in [-0.25, -0.2) is 4.98 Å². The number of rotatable bonds is 5. The lowest BCUT2D eigenvalue weighted by molar-refractivity contribution is 0.102. The van der Waals surface area contributed by atoms with Crippen LogP contribution in [0.4, 0.5) is 5.13 Å². The third kappa shape index (κ3) is 3.30. The van der Waals surface area contributed by atoms with E-state index < -0.39 is 5.91 Å². The molecule has 1 aromatic carbocycles. The number of benzene rings is 1. The van der Waals surface area contributed by atoms with Gasteiger partial charge in [-0.15, -0.1) is 10.2 Å². The summed E-state index contributed by atoms with van der Waals surface area (Å²) in [5.41, 5.74) is 1.02. The van der Waals surface area contributed by atoms with Crippen LogP contribution in [0.5, 0.6) is 11.5 Å². The number of nitrogens with one attached hydrogen (secondary N) is 1. The number of hydrogen-bond donors (Lipinski definition) is 1. The maximum atomic E-state index is 12.0. The van der Waals surface area contributed by atoms with Crippen molar-refractivity contribution >= 4 is 22.4 Å². The zero-order valence-electron chi connectivity index (χ0n) is 12.9. The molecule has 8 nitrogen and oxygen atoms in total. The van der Waals surface area contributed by atoms with Crippen LogP contribution in [0.15, 0.2) is 36.8 Å². The van der Waals surface area contributed by atoms with Crippen molar-refractivity contribution in [1.82, 2.24) is 20.2 Å². The number of amides is 1. The van der Waals surface area contributed by atoms with Gasteiger partial charge in [0.25, 0.3) is 5.91 Å². The number of anilines is 1. The van der Waals surface area contributed by atoms with Gasteiger partial charge < -0.3 is 9.47 Å². The van der Waals surface area contributed by atoms with Crippen LogP contribution in [-0.2, 0) is 0 Å². The summed E-state index contributed by atoms with van der Waals surface area (Å²) in [6.07, 6.45) is 4.33. The van der Waals surface area contributed by atoms with E-state index in [1.165, 1.54) is 29.9 Å². The molecule has 9 heteroatoms. The molecule has 0 fully saturated rings. The van der Waals surface area contributed by atoms with Gasteiger partial charge in [0, 0.05) is 18.0 Å². The molecule has 3 rings (SSSR count). The van der Waals surface area contributed by atoms with Crippen LogP contribution in [0.25, 0.3) is 10.6 Å². The number of carbonyl (C=O) groups excluding carboxylic acids is 1. The van der Waals surface area contributed by atoms with Gasteiger partial charge in [0.1, 0.15) is 10.7 Å². The Hall–Kier alpha value is -3.07. The van der Waals surface area contributed by atoms with Crippen molar-refractivity contribution < 1.29 is 14.3 Å². The van der Waals surface area contributed by atoms with E-state index in [0.29, 0.717) is 21.6 Å². The SMILES string of the molecule is COc1ccc(-c2nnc(NC(=O)c3cnccn3)s2)cc1OC. The largest absolute Gasteiger partial charge is 0.493 e. The van der Waals surface area contributed by atoms with Gasteiger partial charge in [-0.05, 0) is 18.2 Å². The van der Waals surface area contributed by atoms with Gasteiger partial charge in [0.2, 0.25) is 5.13 Å². The lowest BCUT2D eigenvalue weighted by Crippen LogP contribution is -2.13. The van der Waals surface area contributed by atoms with E-state index in [9.17, 15) is 4.79 Å². The van der Waals surface area contributed by atoms with E-state index in [4.69, 9.17) is 9.47 Å². The fourth-order valence-corrected chi connectivity index (χ4v) is 2.67. The van der Waals surface area contributed by atoms with Crippen LogP contribution in [0.3, 0.4) is 0 Å². The standard InChI is InChI=1S/C15H13N5O3S/c1-22-11-4-3-9(7-12(11)23-2)14-19-20-15(24-14)18-13(21)10-8-16-5-6-17-10/h3-8H,1-2H3,(H,18,20,21). The van der Waals surface area contributed by atoms with E-state index in [-0.39, 0.29) is 5.69 Å². The van der Waals surface area contributed by atoms with Gasteiger partial charge in [0.05, 0.1) is 20.4 Å². The number of hydrogen-bond acceptors (Lipinski definition) is 8. The first-order valence-electron chi connectivity index (χ1n) is 6.84. The molecule has 0 aliphatic carbocycles. The minimum absolute atomic E-state index is 0.209. The van der Waals surface area contributed by atoms with Crippen molar-refractivity contribution in [2.75, 3.05) is 19.5 Å². The first-order valence-corrected chi connectivity index (χ1v) is 7.66. The summed E-state index contributed by atoms with van der Waals surface area (Å²) in [4.78, 5) is 19.8. The van der Waals surface area contributed by atoms with Crippen molar-refractivity contribution in [2.45, 2.75) is 0 Å². The summed E-state index contributed by atoms with van der Waals surface area (Å²) in [7, 11) is 3.14. The topological polar surface area (TPSA) is 99.1 Å². The molecular weight excluding hydrogens is 330 g/mol. The van der Waals surface area contributed by atoms with Gasteiger partial charge in [0.15, 0.2) is 11.5 Å². The van der Waals surface area contributed by atoms with Crippen molar-refractivity contribution in [3.8, 4) is 22.1 Å². The molecule has 2 aromatic heterocycles. The third-order valence-corrected chi connectivity index (χ3v) is 3.96. The van der Waals surface area contributed by atoms with Crippen LogP contribution in [0.2, 0.25) is 0 Å². The molecule has 0 atom stereocenters. The van der Waals surface area contributed by atoms with Crippen LogP contribution in [0, 0.1) is 0 Å². The first-order chi connectivity index (χ1) is 11.7. The molecule has 1 amide bonds. The van der Waals surface area contributed by atoms with E-state index >= 15 is 0 Å². The molecule has 1 N–H and O–H groups in total. The maximum absolute atomic E-state index is 12.0. The molecule has 0 radical (unpaired) electrons. The predicted molar refractivity (Wildman–Crippen MR) is 88.4 cm³/mol. The summed E-state index contributed by atoms with van der Waals surface area (Å²) in [5, 5.41) is 11.7. The number of aromatic nitrogens is 4. The molecule has 0 aliphatic rings. The lowest BCUT2D eigenvalue weighted by atomic mass is 10.2. The van der Waals surface area contributed by atoms with Crippen molar-refractivity contribution in [2.24, 2.45) is 0 Å². The zero-order valence-corrected chi connectivity index (χ0v) is 13.7. The number of methoxy groups -OCH3 is 2. The first kappa shape index (κ1) is 15.8. The predicted octanol–water partition coefficient (Wildman–Crippen LogP) is 2.26. The van der Waals surface area contributed by atoms with Gasteiger partial charge in [-0.2, -0.15) is 0 Å². The molecule has 0 spiro atoms. The minimum atomic E-state index is -0.391. The van der Waals surface area contributed by atoms with Crippen molar-refractivity contribution in [1.29, 1.82) is 0 Å². The second-order valence-electron chi connectivity index (χ2n) is 4.53. The van der Waals surface area contributed by atoms with Crippen LogP contribution in [0.1, 0.15) is 10.5 Å². The Kier molecular flexibility index (Phi) is 4.62. The Morgan fingerprint density at radius 2 is 1.96 bits per heavy atom. The van der Waals surface area contributed by atoms with Gasteiger partial charge >= 0.3 is 0 Å². The average molecular weight is 343 g/mol. The Labute approximate surface area is 141 Å². The second-order valence-corrected chi connectivity index (χ2v) is 5.50. The molecule has 0 saturated heterocycles. The smallest absolute Gasteiger partial charge is 0.277 e. The van der Waals surface area contributed by atoms with E-state index in [1.54, 1.807) is 26.4 Å². The minimum Gasteiger partial charge on any atom is -0.493 e. The summed E-state index contributed by atoms with van der Waals surface area (Å²) in [6, 6.07) is 5.43. The van der Waals surface area contributed by atoms with Crippen molar-refractivity contribution in [3.05, 3.63) is 42.5 Å². The zero-order chi connectivity index (χ0) is 16.9. The summed E-state index contributed by atoms with van der Waals surface area (Å²) < 4.78 is 10.5. The second kappa shape index (κ2) is 7.01. The highest BCUT2D eigenvalue weighted by Gasteiger charge is 2.14. The number of ether oxygens (including phenoxy) is 2. The molecule has 122 valence electrons. The Bertz CT molecular complexity index is 853. The molecule has 2 heterocycles. The Morgan fingerprint density at radius 3 is 2.67 bits per heavy atom. The molecule has 0 unspecified atom stereocenters. The molecule has 0 aliphatic heterocycles. The molecule has 3 aromatic rings. The number of nitrogens with zero attached hydrogens (tertiary/aromatic N) is 4. The Balaban J connectivity index is 1.79. The van der Waals surface area contributed by atoms with E-state index in [2.05, 4.69) is 25.5 Å². The average Bonchev–Trinajstić information content (AvgIpc) is 3.10. The van der Waals surface area contributed by atoms with Crippen LogP contribution >= 0.6 is 11.3 Å². The normalized spacial score (nSPS) is 10.2. The summed E-state index contributed by atoms with van der Waals surface area (Å²) in [6.45, 7) is 0. The summed E-state index contributed by atoms with van der Waals surface area (Å²) >= 11 is 1.24. The third-order valence-electron chi connectivity index (χ3n) is 3.07. The van der Waals surface area contributed by atoms with Gasteiger partial charge in [-0.1, -0.05) is 11.3 Å². The lowest BCUT2D eigenvalue weighted by Gasteiger charge is -2.07. The Morgan fingerprint density at radius 1 is 1.12 bits per heavy atom. The highest BCUT2D eigenvalue weighted by molar-refractivity contribution is 7.18. The summed E-state index contributed by atoms with van der Waals surface area (Å²) in [5.74, 6) is 0.829. The molecule has 24 heavy (non-hydrogen) atoms. The number of carbonyl (C=O) groups is 1. The van der Waals surface area contributed by atoms with Gasteiger partial charge in [-0.3, -0.25) is 15.1 Å². The molecular formula is C15H13N5O3S.